The molecule has 2 aromatic rings. The summed E-state index contributed by atoms with van der Waals surface area (Å²) in [5, 5.41) is 2.55. The average molecular weight is 377 g/mol. The number of halogens is 3. The minimum Gasteiger partial charge on any atom is -0.322 e. The highest BCUT2D eigenvalue weighted by atomic mass is 35.5. The molecule has 5 nitrogen and oxygen atoms in total. The van der Waals surface area contributed by atoms with E-state index in [1.54, 1.807) is 6.07 Å². The van der Waals surface area contributed by atoms with E-state index in [1.165, 1.54) is 36.4 Å². The summed E-state index contributed by atoms with van der Waals surface area (Å²) in [5.41, 5.74) is -0.0359. The number of anilines is 1. The number of carbonyl (C=O) groups excluding carboxylic acids is 1. The summed E-state index contributed by atoms with van der Waals surface area (Å²) in [4.78, 5) is 11.6. The Morgan fingerprint density at radius 1 is 1.09 bits per heavy atom. The SMILES string of the molecule is O=C(CNS(=O)(=O)c1ccc(Cl)c(Cl)c1)Nc1ccccc1F. The summed E-state index contributed by atoms with van der Waals surface area (Å²) in [6, 6.07) is 9.30. The zero-order valence-corrected chi connectivity index (χ0v) is 13.8. The Hall–Kier alpha value is -1.67. The van der Waals surface area contributed by atoms with Gasteiger partial charge in [0.05, 0.1) is 27.2 Å². The van der Waals surface area contributed by atoms with Gasteiger partial charge in [0.15, 0.2) is 0 Å². The lowest BCUT2D eigenvalue weighted by molar-refractivity contribution is -0.115. The van der Waals surface area contributed by atoms with Crippen LogP contribution in [0, 0.1) is 5.82 Å². The van der Waals surface area contributed by atoms with Gasteiger partial charge in [0.1, 0.15) is 5.82 Å². The monoisotopic (exact) mass is 376 g/mol. The van der Waals surface area contributed by atoms with Gasteiger partial charge in [0.25, 0.3) is 0 Å². The van der Waals surface area contributed by atoms with Crippen molar-refractivity contribution in [2.75, 3.05) is 11.9 Å². The van der Waals surface area contributed by atoms with E-state index < -0.39 is 28.3 Å². The van der Waals surface area contributed by atoms with Gasteiger partial charge < -0.3 is 5.32 Å². The first-order chi connectivity index (χ1) is 10.8. The summed E-state index contributed by atoms with van der Waals surface area (Å²) in [6.45, 7) is -0.559. The molecule has 0 atom stereocenters. The molecule has 0 aliphatic rings. The molecule has 0 saturated heterocycles. The molecule has 0 aliphatic heterocycles. The summed E-state index contributed by atoms with van der Waals surface area (Å²) >= 11 is 11.5. The second kappa shape index (κ2) is 7.27. The van der Waals surface area contributed by atoms with E-state index in [2.05, 4.69) is 10.0 Å². The molecule has 0 saturated carbocycles. The maximum Gasteiger partial charge on any atom is 0.241 e. The minimum atomic E-state index is -3.94. The highest BCUT2D eigenvalue weighted by Crippen LogP contribution is 2.24. The van der Waals surface area contributed by atoms with Crippen molar-refractivity contribution >= 4 is 44.8 Å². The van der Waals surface area contributed by atoms with Crippen LogP contribution in [0.1, 0.15) is 0 Å². The van der Waals surface area contributed by atoms with Crippen molar-refractivity contribution in [1.29, 1.82) is 0 Å². The van der Waals surface area contributed by atoms with Gasteiger partial charge >= 0.3 is 0 Å². The fraction of sp³-hybridized carbons (Fsp3) is 0.0714. The maximum atomic E-state index is 13.4. The van der Waals surface area contributed by atoms with Crippen LogP contribution >= 0.6 is 23.2 Å². The number of nitrogens with one attached hydrogen (secondary N) is 2. The van der Waals surface area contributed by atoms with Crippen molar-refractivity contribution in [3.05, 3.63) is 58.3 Å². The molecule has 0 unspecified atom stereocenters. The molecule has 2 rings (SSSR count). The molecule has 2 aromatic carbocycles. The number of para-hydroxylation sites is 1. The van der Waals surface area contributed by atoms with E-state index in [9.17, 15) is 17.6 Å². The predicted molar refractivity (Wildman–Crippen MR) is 86.7 cm³/mol. The number of carbonyl (C=O) groups is 1. The minimum absolute atomic E-state index is 0.0359. The fourth-order valence-electron chi connectivity index (χ4n) is 1.64. The number of sulfonamides is 1. The van der Waals surface area contributed by atoms with Crippen molar-refractivity contribution in [2.45, 2.75) is 4.90 Å². The Morgan fingerprint density at radius 2 is 1.78 bits per heavy atom. The van der Waals surface area contributed by atoms with Crippen LogP contribution in [0.25, 0.3) is 0 Å². The summed E-state index contributed by atoms with van der Waals surface area (Å²) in [6.07, 6.45) is 0. The Morgan fingerprint density at radius 3 is 2.43 bits per heavy atom. The molecule has 0 heterocycles. The van der Waals surface area contributed by atoms with Crippen LogP contribution in [0.5, 0.6) is 0 Å². The van der Waals surface area contributed by atoms with E-state index in [-0.39, 0.29) is 20.6 Å². The Balaban J connectivity index is 2.03. The fourth-order valence-corrected chi connectivity index (χ4v) is 3.02. The smallest absolute Gasteiger partial charge is 0.241 e. The number of rotatable bonds is 5. The van der Waals surface area contributed by atoms with Crippen LogP contribution in [0.4, 0.5) is 10.1 Å². The molecule has 0 aromatic heterocycles. The van der Waals surface area contributed by atoms with Crippen LogP contribution < -0.4 is 10.0 Å². The summed E-state index contributed by atoms with van der Waals surface area (Å²) in [5.74, 6) is -1.33. The molecule has 0 radical (unpaired) electrons. The Kier molecular flexibility index (Phi) is 5.59. The summed E-state index contributed by atoms with van der Waals surface area (Å²) in [7, 11) is -3.94. The van der Waals surface area contributed by atoms with Crippen LogP contribution in [-0.4, -0.2) is 20.9 Å². The van der Waals surface area contributed by atoms with Gasteiger partial charge in [-0.15, -0.1) is 0 Å². The highest BCUT2D eigenvalue weighted by Gasteiger charge is 2.17. The third-order valence-electron chi connectivity index (χ3n) is 2.77. The summed E-state index contributed by atoms with van der Waals surface area (Å²) < 4.78 is 39.6. The molecule has 0 bridgehead atoms. The van der Waals surface area contributed by atoms with Crippen molar-refractivity contribution in [2.24, 2.45) is 0 Å². The normalized spacial score (nSPS) is 11.3. The van der Waals surface area contributed by atoms with Gasteiger partial charge in [-0.05, 0) is 30.3 Å². The van der Waals surface area contributed by atoms with Gasteiger partial charge in [-0.1, -0.05) is 35.3 Å². The topological polar surface area (TPSA) is 75.3 Å². The zero-order valence-electron chi connectivity index (χ0n) is 11.5. The van der Waals surface area contributed by atoms with Crippen molar-refractivity contribution in [3.8, 4) is 0 Å². The van der Waals surface area contributed by atoms with Crippen LogP contribution in [0.15, 0.2) is 47.4 Å². The van der Waals surface area contributed by atoms with Crippen LogP contribution in [0.2, 0.25) is 10.0 Å². The van der Waals surface area contributed by atoms with Gasteiger partial charge in [0, 0.05) is 0 Å². The molecule has 23 heavy (non-hydrogen) atoms. The Labute approximate surface area is 142 Å². The maximum absolute atomic E-state index is 13.4. The quantitative estimate of drug-likeness (QED) is 0.841. The zero-order chi connectivity index (χ0) is 17.0. The largest absolute Gasteiger partial charge is 0.322 e. The predicted octanol–water partition coefficient (Wildman–Crippen LogP) is 3.05. The number of benzene rings is 2. The molecular weight excluding hydrogens is 366 g/mol. The van der Waals surface area contributed by atoms with E-state index in [1.807, 2.05) is 0 Å². The first-order valence-electron chi connectivity index (χ1n) is 6.29. The molecule has 0 aliphatic carbocycles. The highest BCUT2D eigenvalue weighted by molar-refractivity contribution is 7.89. The van der Waals surface area contributed by atoms with Gasteiger partial charge in [0.2, 0.25) is 15.9 Å². The third-order valence-corrected chi connectivity index (χ3v) is 4.91. The van der Waals surface area contributed by atoms with Crippen molar-refractivity contribution in [3.63, 3.8) is 0 Å². The lowest BCUT2D eigenvalue weighted by Gasteiger charge is -2.09. The average Bonchev–Trinajstić information content (AvgIpc) is 2.50. The van der Waals surface area contributed by atoms with Gasteiger partial charge in [-0.2, -0.15) is 0 Å². The van der Waals surface area contributed by atoms with Crippen LogP contribution in [-0.2, 0) is 14.8 Å². The molecule has 2 N–H and O–H groups in total. The standard InChI is InChI=1S/C14H11Cl2FN2O3S/c15-10-6-5-9(7-11(10)16)23(21,22)18-8-14(20)19-13-4-2-1-3-12(13)17/h1-7,18H,8H2,(H,19,20). The third kappa shape index (κ3) is 4.65. The Bertz CT molecular complexity index is 844. The lowest BCUT2D eigenvalue weighted by atomic mass is 10.3. The van der Waals surface area contributed by atoms with E-state index in [4.69, 9.17) is 23.2 Å². The first kappa shape index (κ1) is 17.7. The number of amides is 1. The number of hydrogen-bond donors (Lipinski definition) is 2. The number of hydrogen-bond acceptors (Lipinski definition) is 3. The molecule has 122 valence electrons. The van der Waals surface area contributed by atoms with Crippen molar-refractivity contribution < 1.29 is 17.6 Å². The first-order valence-corrected chi connectivity index (χ1v) is 8.52. The van der Waals surface area contributed by atoms with E-state index in [0.29, 0.717) is 0 Å². The van der Waals surface area contributed by atoms with E-state index >= 15 is 0 Å². The molecular formula is C14H11Cl2FN2O3S. The molecule has 0 spiro atoms. The molecule has 0 fully saturated rings. The molecule has 9 heteroatoms. The lowest BCUT2D eigenvalue weighted by Crippen LogP contribution is -2.33. The molecule has 1 amide bonds. The second-order valence-corrected chi connectivity index (χ2v) is 7.01. The van der Waals surface area contributed by atoms with E-state index in [0.717, 1.165) is 0 Å². The van der Waals surface area contributed by atoms with Crippen molar-refractivity contribution in [1.82, 2.24) is 4.72 Å². The van der Waals surface area contributed by atoms with Gasteiger partial charge in [-0.25, -0.2) is 17.5 Å². The van der Waals surface area contributed by atoms with Gasteiger partial charge in [-0.3, -0.25) is 4.79 Å². The van der Waals surface area contributed by atoms with Crippen LogP contribution in [0.3, 0.4) is 0 Å². The second-order valence-electron chi connectivity index (χ2n) is 4.43.